The normalized spacial score (nSPS) is 14.9. The maximum absolute atomic E-state index is 8.65. The Kier molecular flexibility index (Phi) is 4.29. The fourth-order valence-electron chi connectivity index (χ4n) is 1.74. The number of anilines is 1. The van der Waals surface area contributed by atoms with E-state index in [-0.39, 0.29) is 0 Å². The molecular weight excluding hydrogens is 234 g/mol. The van der Waals surface area contributed by atoms with Gasteiger partial charge in [0.05, 0.1) is 12.6 Å². The van der Waals surface area contributed by atoms with Gasteiger partial charge in [0.15, 0.2) is 0 Å². The minimum absolute atomic E-state index is 0.593. The molecule has 1 aliphatic carbocycles. The van der Waals surface area contributed by atoms with Crippen LogP contribution in [0.15, 0.2) is 0 Å². The smallest absolute Gasteiger partial charge is 0.205 e. The van der Waals surface area contributed by atoms with E-state index >= 15 is 0 Å². The largest absolute Gasteiger partial charge is 0.360 e. The van der Waals surface area contributed by atoms with Crippen LogP contribution in [0.3, 0.4) is 0 Å². The van der Waals surface area contributed by atoms with Crippen LogP contribution in [0.1, 0.15) is 31.2 Å². The second-order valence-electron chi connectivity index (χ2n) is 4.14. The van der Waals surface area contributed by atoms with Gasteiger partial charge < -0.3 is 5.32 Å². The van der Waals surface area contributed by atoms with Crippen LogP contribution in [0.5, 0.6) is 0 Å². The first-order valence-electron chi connectivity index (χ1n) is 6.00. The number of nitriles is 1. The van der Waals surface area contributed by atoms with Crippen LogP contribution in [0.4, 0.5) is 5.13 Å². The standard InChI is InChI=1S/C11H17N5S/c1-2-13-11-15-14-10(17-11)8-16(7-3-6-12)9-4-5-9/h9H,2-5,7-8H2,1H3,(H,13,15). The van der Waals surface area contributed by atoms with Crippen molar-refractivity contribution in [1.29, 1.82) is 5.26 Å². The molecule has 1 aliphatic rings. The minimum Gasteiger partial charge on any atom is -0.360 e. The van der Waals surface area contributed by atoms with Gasteiger partial charge in [-0.05, 0) is 19.8 Å². The molecule has 1 fully saturated rings. The van der Waals surface area contributed by atoms with E-state index in [2.05, 4.69) is 26.5 Å². The molecular formula is C11H17N5S. The predicted molar refractivity (Wildman–Crippen MR) is 67.7 cm³/mol. The molecule has 6 heteroatoms. The zero-order valence-corrected chi connectivity index (χ0v) is 10.8. The van der Waals surface area contributed by atoms with Crippen LogP contribution in [0.2, 0.25) is 0 Å². The summed E-state index contributed by atoms with van der Waals surface area (Å²) in [4.78, 5) is 2.35. The van der Waals surface area contributed by atoms with E-state index in [1.165, 1.54) is 12.8 Å². The van der Waals surface area contributed by atoms with Crippen LogP contribution >= 0.6 is 11.3 Å². The molecule has 0 bridgehead atoms. The third kappa shape index (κ3) is 3.65. The summed E-state index contributed by atoms with van der Waals surface area (Å²) in [7, 11) is 0. The molecule has 1 aromatic rings. The van der Waals surface area contributed by atoms with Crippen LogP contribution in [-0.2, 0) is 6.54 Å². The Hall–Kier alpha value is -1.19. The van der Waals surface area contributed by atoms with Gasteiger partial charge in [0.1, 0.15) is 5.01 Å². The number of nitrogens with zero attached hydrogens (tertiary/aromatic N) is 4. The van der Waals surface area contributed by atoms with Crippen LogP contribution in [-0.4, -0.2) is 34.2 Å². The van der Waals surface area contributed by atoms with E-state index in [1.807, 2.05) is 6.92 Å². The second-order valence-corrected chi connectivity index (χ2v) is 5.20. The van der Waals surface area contributed by atoms with Gasteiger partial charge >= 0.3 is 0 Å². The average Bonchev–Trinajstić information content (AvgIpc) is 3.08. The number of hydrogen-bond donors (Lipinski definition) is 1. The summed E-state index contributed by atoms with van der Waals surface area (Å²) in [5, 5.41) is 22.0. The minimum atomic E-state index is 0.593. The summed E-state index contributed by atoms with van der Waals surface area (Å²) >= 11 is 1.61. The molecule has 0 spiro atoms. The zero-order chi connectivity index (χ0) is 12.1. The molecule has 0 saturated heterocycles. The Labute approximate surface area is 105 Å². The molecule has 0 unspecified atom stereocenters. The van der Waals surface area contributed by atoms with Crippen LogP contribution < -0.4 is 5.32 Å². The van der Waals surface area contributed by atoms with Crippen molar-refractivity contribution in [2.75, 3.05) is 18.4 Å². The van der Waals surface area contributed by atoms with Crippen molar-refractivity contribution in [3.8, 4) is 6.07 Å². The van der Waals surface area contributed by atoms with Gasteiger partial charge in [-0.15, -0.1) is 10.2 Å². The van der Waals surface area contributed by atoms with Gasteiger partial charge in [0.25, 0.3) is 0 Å². The van der Waals surface area contributed by atoms with Crippen LogP contribution in [0, 0.1) is 11.3 Å². The Balaban J connectivity index is 1.89. The average molecular weight is 251 g/mol. The zero-order valence-electron chi connectivity index (χ0n) is 10.0. The molecule has 2 rings (SSSR count). The van der Waals surface area contributed by atoms with Crippen LogP contribution in [0.25, 0.3) is 0 Å². The molecule has 0 radical (unpaired) electrons. The summed E-state index contributed by atoms with van der Waals surface area (Å²) in [6.45, 7) is 4.59. The van der Waals surface area contributed by atoms with Gasteiger partial charge in [0, 0.05) is 25.6 Å². The van der Waals surface area contributed by atoms with E-state index in [4.69, 9.17) is 5.26 Å². The molecule has 1 aromatic heterocycles. The number of aromatic nitrogens is 2. The van der Waals surface area contributed by atoms with Crippen molar-refractivity contribution in [1.82, 2.24) is 15.1 Å². The number of nitrogens with one attached hydrogen (secondary N) is 1. The van der Waals surface area contributed by atoms with Crippen molar-refractivity contribution in [3.63, 3.8) is 0 Å². The lowest BCUT2D eigenvalue weighted by atomic mass is 10.4. The highest BCUT2D eigenvalue weighted by molar-refractivity contribution is 7.15. The number of hydrogen-bond acceptors (Lipinski definition) is 6. The molecule has 0 aliphatic heterocycles. The van der Waals surface area contributed by atoms with E-state index in [0.717, 1.165) is 29.8 Å². The Morgan fingerprint density at radius 3 is 3.00 bits per heavy atom. The van der Waals surface area contributed by atoms with E-state index in [9.17, 15) is 0 Å². The molecule has 1 heterocycles. The molecule has 17 heavy (non-hydrogen) atoms. The second kappa shape index (κ2) is 5.94. The van der Waals surface area contributed by atoms with E-state index < -0.39 is 0 Å². The lowest BCUT2D eigenvalue weighted by Crippen LogP contribution is -2.26. The summed E-state index contributed by atoms with van der Waals surface area (Å²) in [5.74, 6) is 0. The third-order valence-corrected chi connectivity index (χ3v) is 3.57. The predicted octanol–water partition coefficient (Wildman–Crippen LogP) is 1.85. The van der Waals surface area contributed by atoms with Crippen molar-refractivity contribution in [2.24, 2.45) is 0 Å². The monoisotopic (exact) mass is 251 g/mol. The van der Waals surface area contributed by atoms with Crippen molar-refractivity contribution >= 4 is 16.5 Å². The fraction of sp³-hybridized carbons (Fsp3) is 0.727. The molecule has 5 nitrogen and oxygen atoms in total. The van der Waals surface area contributed by atoms with E-state index in [0.29, 0.717) is 12.5 Å². The SMILES string of the molecule is CCNc1nnc(CN(CCC#N)C2CC2)s1. The third-order valence-electron chi connectivity index (χ3n) is 2.71. The first-order valence-corrected chi connectivity index (χ1v) is 6.82. The molecule has 0 amide bonds. The highest BCUT2D eigenvalue weighted by atomic mass is 32.1. The first-order chi connectivity index (χ1) is 8.33. The maximum atomic E-state index is 8.65. The van der Waals surface area contributed by atoms with Gasteiger partial charge in [0.2, 0.25) is 5.13 Å². The van der Waals surface area contributed by atoms with Gasteiger partial charge in [-0.1, -0.05) is 11.3 Å². The van der Waals surface area contributed by atoms with Crippen molar-refractivity contribution in [2.45, 2.75) is 38.8 Å². The van der Waals surface area contributed by atoms with E-state index in [1.54, 1.807) is 11.3 Å². The summed E-state index contributed by atoms with van der Waals surface area (Å²) in [6, 6.07) is 2.87. The summed E-state index contributed by atoms with van der Waals surface area (Å²) in [5.41, 5.74) is 0. The van der Waals surface area contributed by atoms with Gasteiger partial charge in [-0.25, -0.2) is 0 Å². The first kappa shape index (κ1) is 12.3. The molecule has 0 aromatic carbocycles. The Morgan fingerprint density at radius 2 is 2.35 bits per heavy atom. The quantitative estimate of drug-likeness (QED) is 0.801. The lowest BCUT2D eigenvalue weighted by molar-refractivity contribution is 0.260. The molecule has 1 N–H and O–H groups in total. The molecule has 0 atom stereocenters. The maximum Gasteiger partial charge on any atom is 0.205 e. The Bertz CT molecular complexity index is 393. The fourth-order valence-corrected chi connectivity index (χ4v) is 2.57. The van der Waals surface area contributed by atoms with Crippen molar-refractivity contribution < 1.29 is 0 Å². The highest BCUT2D eigenvalue weighted by Crippen LogP contribution is 2.29. The summed E-state index contributed by atoms with van der Waals surface area (Å²) < 4.78 is 0. The topological polar surface area (TPSA) is 64.8 Å². The molecule has 1 saturated carbocycles. The van der Waals surface area contributed by atoms with Gasteiger partial charge in [-0.3, -0.25) is 4.90 Å². The molecule has 92 valence electrons. The Morgan fingerprint density at radius 1 is 1.53 bits per heavy atom. The van der Waals surface area contributed by atoms with Gasteiger partial charge in [-0.2, -0.15) is 5.26 Å². The number of rotatable bonds is 7. The highest BCUT2D eigenvalue weighted by Gasteiger charge is 2.29. The lowest BCUT2D eigenvalue weighted by Gasteiger charge is -2.18. The van der Waals surface area contributed by atoms with Crippen molar-refractivity contribution in [3.05, 3.63) is 5.01 Å². The summed E-state index contributed by atoms with van der Waals surface area (Å²) in [6.07, 6.45) is 3.10.